The van der Waals surface area contributed by atoms with Crippen LogP contribution in [-0.4, -0.2) is 30.2 Å². The van der Waals surface area contributed by atoms with Gasteiger partial charge in [-0.1, -0.05) is 82.7 Å². The summed E-state index contributed by atoms with van der Waals surface area (Å²) in [4.78, 5) is 9.73. The Hall–Kier alpha value is -2.34. The summed E-state index contributed by atoms with van der Waals surface area (Å²) in [6, 6.07) is 24.5. The van der Waals surface area contributed by atoms with Gasteiger partial charge in [0.25, 0.3) is 0 Å². The molecule has 2 unspecified atom stereocenters. The van der Waals surface area contributed by atoms with Crippen molar-refractivity contribution in [3.63, 3.8) is 0 Å². The maximum absolute atomic E-state index is 5.93. The van der Waals surface area contributed by atoms with Crippen molar-refractivity contribution in [3.8, 4) is 0 Å². The fourth-order valence-electron chi connectivity index (χ4n) is 3.64. The minimum atomic E-state index is -0.0670. The zero-order chi connectivity index (χ0) is 21.3. The lowest BCUT2D eigenvalue weighted by Gasteiger charge is -2.23. The average molecular weight is 479 g/mol. The normalized spacial score (nSPS) is 17.1. The van der Waals surface area contributed by atoms with Gasteiger partial charge in [-0.2, -0.15) is 0 Å². The standard InChI is InChI=1S/C26H27BrN2O2/c27-23(16-19-31-24-15-7-8-18-30-24)22-14-9-17-28-26(22)29-25(20-10-3-1-4-11-20)21-12-5-2-6-13-21/h1-6,9-14,17,23-24H,7-8,15-16,18-19H2. The lowest BCUT2D eigenvalue weighted by atomic mass is 10.0. The van der Waals surface area contributed by atoms with E-state index < -0.39 is 0 Å². The quantitative estimate of drug-likeness (QED) is 0.269. The number of pyridine rings is 1. The molecule has 4 nitrogen and oxygen atoms in total. The fraction of sp³-hybridized carbons (Fsp3) is 0.308. The summed E-state index contributed by atoms with van der Waals surface area (Å²) in [7, 11) is 0. The van der Waals surface area contributed by atoms with Gasteiger partial charge in [-0.25, -0.2) is 9.98 Å². The molecule has 1 aliphatic heterocycles. The van der Waals surface area contributed by atoms with E-state index in [2.05, 4.69) is 51.2 Å². The van der Waals surface area contributed by atoms with E-state index in [9.17, 15) is 0 Å². The summed E-state index contributed by atoms with van der Waals surface area (Å²) in [5.74, 6) is 0.723. The highest BCUT2D eigenvalue weighted by Crippen LogP contribution is 2.33. The predicted octanol–water partition coefficient (Wildman–Crippen LogP) is 6.62. The maximum atomic E-state index is 5.93. The van der Waals surface area contributed by atoms with Gasteiger partial charge < -0.3 is 9.47 Å². The number of ether oxygens (including phenoxy) is 2. The number of hydrogen-bond donors (Lipinski definition) is 0. The molecule has 1 aromatic heterocycles. The average Bonchev–Trinajstić information content (AvgIpc) is 2.84. The molecule has 0 amide bonds. The maximum Gasteiger partial charge on any atom is 0.157 e. The van der Waals surface area contributed by atoms with Gasteiger partial charge >= 0.3 is 0 Å². The second-order valence-corrected chi connectivity index (χ2v) is 8.64. The van der Waals surface area contributed by atoms with E-state index in [-0.39, 0.29) is 11.1 Å². The number of alkyl halides is 1. The third-order valence-corrected chi connectivity index (χ3v) is 6.23. The van der Waals surface area contributed by atoms with Crippen LogP contribution >= 0.6 is 15.9 Å². The zero-order valence-corrected chi connectivity index (χ0v) is 19.1. The van der Waals surface area contributed by atoms with Gasteiger partial charge in [-0.05, 0) is 31.7 Å². The molecule has 31 heavy (non-hydrogen) atoms. The smallest absolute Gasteiger partial charge is 0.157 e. The number of aromatic nitrogens is 1. The van der Waals surface area contributed by atoms with E-state index in [0.29, 0.717) is 6.61 Å². The number of halogens is 1. The van der Waals surface area contributed by atoms with Gasteiger partial charge in [0.2, 0.25) is 0 Å². The topological polar surface area (TPSA) is 43.7 Å². The third-order valence-electron chi connectivity index (χ3n) is 5.28. The molecule has 3 aromatic rings. The molecule has 1 fully saturated rings. The van der Waals surface area contributed by atoms with E-state index >= 15 is 0 Å². The molecule has 2 atom stereocenters. The van der Waals surface area contributed by atoms with Gasteiger partial charge in [0.15, 0.2) is 12.1 Å². The Balaban J connectivity index is 1.56. The van der Waals surface area contributed by atoms with Crippen molar-refractivity contribution in [1.82, 2.24) is 4.98 Å². The van der Waals surface area contributed by atoms with Crippen LogP contribution in [0.2, 0.25) is 0 Å². The van der Waals surface area contributed by atoms with E-state index in [1.54, 1.807) is 6.20 Å². The van der Waals surface area contributed by atoms with Crippen molar-refractivity contribution in [1.29, 1.82) is 0 Å². The van der Waals surface area contributed by atoms with Crippen molar-refractivity contribution in [3.05, 3.63) is 95.7 Å². The van der Waals surface area contributed by atoms with Crippen LogP contribution < -0.4 is 0 Å². The van der Waals surface area contributed by atoms with Gasteiger partial charge in [0.05, 0.1) is 12.3 Å². The summed E-state index contributed by atoms with van der Waals surface area (Å²) < 4.78 is 11.6. The van der Waals surface area contributed by atoms with Gasteiger partial charge in [0, 0.05) is 34.3 Å². The molecule has 2 aromatic carbocycles. The van der Waals surface area contributed by atoms with Crippen molar-refractivity contribution < 1.29 is 9.47 Å². The summed E-state index contributed by atoms with van der Waals surface area (Å²) >= 11 is 3.83. The molecule has 0 spiro atoms. The highest BCUT2D eigenvalue weighted by Gasteiger charge is 2.18. The van der Waals surface area contributed by atoms with E-state index in [1.807, 2.05) is 42.5 Å². The summed E-state index contributed by atoms with van der Waals surface area (Å²) in [5, 5.41) is 0. The first kappa shape index (κ1) is 21.9. The Bertz CT molecular complexity index is 931. The monoisotopic (exact) mass is 478 g/mol. The van der Waals surface area contributed by atoms with Crippen LogP contribution in [0, 0.1) is 0 Å². The molecular weight excluding hydrogens is 452 g/mol. The third kappa shape index (κ3) is 6.10. The van der Waals surface area contributed by atoms with Crippen LogP contribution in [0.3, 0.4) is 0 Å². The molecule has 0 N–H and O–H groups in total. The number of benzene rings is 2. The van der Waals surface area contributed by atoms with Crippen molar-refractivity contribution in [2.75, 3.05) is 13.2 Å². The second kappa shape index (κ2) is 11.3. The summed E-state index contributed by atoms with van der Waals surface area (Å²) in [5.41, 5.74) is 4.09. The first-order chi connectivity index (χ1) is 15.3. The lowest BCUT2D eigenvalue weighted by molar-refractivity contribution is -0.162. The van der Waals surface area contributed by atoms with E-state index in [0.717, 1.165) is 54.1 Å². The molecule has 1 aliphatic rings. The van der Waals surface area contributed by atoms with Gasteiger partial charge in [-0.15, -0.1) is 0 Å². The Labute approximate surface area is 192 Å². The predicted molar refractivity (Wildman–Crippen MR) is 128 cm³/mol. The molecule has 0 aliphatic carbocycles. The minimum Gasteiger partial charge on any atom is -0.353 e. The zero-order valence-electron chi connectivity index (χ0n) is 17.5. The van der Waals surface area contributed by atoms with Crippen LogP contribution in [0.1, 0.15) is 47.2 Å². The van der Waals surface area contributed by atoms with Crippen LogP contribution in [0.25, 0.3) is 0 Å². The molecular formula is C26H27BrN2O2. The van der Waals surface area contributed by atoms with Crippen molar-refractivity contribution in [2.24, 2.45) is 4.99 Å². The number of aliphatic imine (C=N–C) groups is 1. The molecule has 4 rings (SSSR count). The fourth-order valence-corrected chi connectivity index (χ4v) is 4.19. The number of nitrogens with zero attached hydrogens (tertiary/aromatic N) is 2. The first-order valence-electron chi connectivity index (χ1n) is 10.8. The molecule has 0 bridgehead atoms. The summed E-state index contributed by atoms with van der Waals surface area (Å²) in [6.45, 7) is 1.43. The van der Waals surface area contributed by atoms with E-state index in [4.69, 9.17) is 14.5 Å². The van der Waals surface area contributed by atoms with Crippen LogP contribution in [0.5, 0.6) is 0 Å². The second-order valence-electron chi connectivity index (χ2n) is 7.53. The Morgan fingerprint density at radius 3 is 2.35 bits per heavy atom. The molecule has 1 saturated heterocycles. The molecule has 160 valence electrons. The molecule has 0 radical (unpaired) electrons. The van der Waals surface area contributed by atoms with Crippen LogP contribution in [-0.2, 0) is 9.47 Å². The highest BCUT2D eigenvalue weighted by molar-refractivity contribution is 9.09. The Kier molecular flexibility index (Phi) is 7.99. The SMILES string of the molecule is BrC(CCOC1CCCCO1)c1cccnc1N=C(c1ccccc1)c1ccccc1. The minimum absolute atomic E-state index is 0.0670. The lowest BCUT2D eigenvalue weighted by Crippen LogP contribution is -2.22. The Morgan fingerprint density at radius 1 is 1.00 bits per heavy atom. The summed E-state index contributed by atoms with van der Waals surface area (Å²) in [6.07, 6.45) is 5.83. The van der Waals surface area contributed by atoms with Gasteiger partial charge in [0.1, 0.15) is 0 Å². The largest absolute Gasteiger partial charge is 0.353 e. The van der Waals surface area contributed by atoms with Crippen molar-refractivity contribution in [2.45, 2.75) is 36.8 Å². The van der Waals surface area contributed by atoms with Crippen molar-refractivity contribution >= 4 is 27.5 Å². The van der Waals surface area contributed by atoms with Crippen LogP contribution in [0.4, 0.5) is 5.82 Å². The molecule has 5 heteroatoms. The van der Waals surface area contributed by atoms with Gasteiger partial charge in [-0.3, -0.25) is 0 Å². The molecule has 0 saturated carbocycles. The number of rotatable bonds is 8. The highest BCUT2D eigenvalue weighted by atomic mass is 79.9. The first-order valence-corrected chi connectivity index (χ1v) is 11.7. The molecule has 2 heterocycles. The van der Waals surface area contributed by atoms with Crippen LogP contribution in [0.15, 0.2) is 84.0 Å². The number of hydrogen-bond acceptors (Lipinski definition) is 4. The Morgan fingerprint density at radius 2 is 1.71 bits per heavy atom. The van der Waals surface area contributed by atoms with E-state index in [1.165, 1.54) is 6.42 Å².